The summed E-state index contributed by atoms with van der Waals surface area (Å²) in [6, 6.07) is 3.68. The van der Waals surface area contributed by atoms with Crippen LogP contribution >= 0.6 is 0 Å². The van der Waals surface area contributed by atoms with Crippen LogP contribution in [0.3, 0.4) is 0 Å². The number of hydrogen-bond donors (Lipinski definition) is 0. The molecule has 7 heteroatoms. The fourth-order valence-electron chi connectivity index (χ4n) is 2.42. The maximum atomic E-state index is 12.8. The topological polar surface area (TPSA) is 62.7 Å². The quantitative estimate of drug-likeness (QED) is 0.760. The van der Waals surface area contributed by atoms with Gasteiger partial charge in [-0.3, -0.25) is 4.98 Å². The van der Waals surface area contributed by atoms with Gasteiger partial charge in [-0.05, 0) is 30.5 Å². The van der Waals surface area contributed by atoms with Crippen molar-refractivity contribution < 1.29 is 13.2 Å². The lowest BCUT2D eigenvalue weighted by Gasteiger charge is -2.32. The number of ether oxygens (including phenoxy) is 1. The second-order valence-corrected chi connectivity index (χ2v) is 7.08. The molecule has 1 aliphatic rings. The molecule has 1 aromatic rings. The van der Waals surface area contributed by atoms with Gasteiger partial charge in [0.05, 0.1) is 6.61 Å². The molecule has 0 amide bonds. The van der Waals surface area contributed by atoms with Crippen LogP contribution < -0.4 is 0 Å². The van der Waals surface area contributed by atoms with Crippen molar-refractivity contribution in [1.82, 2.24) is 13.6 Å². The molecule has 0 N–H and O–H groups in total. The van der Waals surface area contributed by atoms with Crippen LogP contribution in [0.4, 0.5) is 0 Å². The molecule has 2 heterocycles. The van der Waals surface area contributed by atoms with E-state index in [-0.39, 0.29) is 0 Å². The first-order valence-electron chi connectivity index (χ1n) is 7.27. The highest BCUT2D eigenvalue weighted by molar-refractivity contribution is 7.86. The van der Waals surface area contributed by atoms with Crippen LogP contribution in [0.5, 0.6) is 0 Å². The molecule has 1 saturated heterocycles. The molecule has 0 spiro atoms. The number of hydrogen-bond acceptors (Lipinski definition) is 4. The summed E-state index contributed by atoms with van der Waals surface area (Å²) in [5.74, 6) is 0. The molecule has 118 valence electrons. The van der Waals surface area contributed by atoms with Gasteiger partial charge in [0.25, 0.3) is 10.2 Å². The van der Waals surface area contributed by atoms with E-state index >= 15 is 0 Å². The van der Waals surface area contributed by atoms with Crippen molar-refractivity contribution >= 4 is 10.2 Å². The smallest absolute Gasteiger partial charge is 0.282 e. The fourth-order valence-corrected chi connectivity index (χ4v) is 4.08. The maximum absolute atomic E-state index is 12.8. The molecule has 21 heavy (non-hydrogen) atoms. The van der Waals surface area contributed by atoms with Gasteiger partial charge in [-0.2, -0.15) is 17.0 Å². The summed E-state index contributed by atoms with van der Waals surface area (Å²) in [6.07, 6.45) is 6.34. The van der Waals surface area contributed by atoms with Gasteiger partial charge in [0.2, 0.25) is 0 Å². The lowest BCUT2D eigenvalue weighted by molar-refractivity contribution is 0.173. The standard InChI is InChI=1S/C14H23N3O3S/c1-20-12-11-17(13-14-5-7-15-8-6-14)21(18,19)16-9-3-2-4-10-16/h5-8H,2-4,9-13H2,1H3. The zero-order valence-corrected chi connectivity index (χ0v) is 13.3. The van der Waals surface area contributed by atoms with Gasteiger partial charge >= 0.3 is 0 Å². The Kier molecular flexibility index (Phi) is 6.10. The van der Waals surface area contributed by atoms with E-state index in [1.807, 2.05) is 12.1 Å². The molecule has 2 rings (SSSR count). The SMILES string of the molecule is COCCN(Cc1ccncc1)S(=O)(=O)N1CCCCC1. The number of piperidine rings is 1. The van der Waals surface area contributed by atoms with Crippen molar-refractivity contribution in [2.24, 2.45) is 0 Å². The Morgan fingerprint density at radius 1 is 1.24 bits per heavy atom. The molecule has 0 saturated carbocycles. The number of methoxy groups -OCH3 is 1. The predicted molar refractivity (Wildman–Crippen MR) is 80.9 cm³/mol. The van der Waals surface area contributed by atoms with Crippen LogP contribution in [0.15, 0.2) is 24.5 Å². The Bertz CT molecular complexity index is 516. The van der Waals surface area contributed by atoms with Crippen LogP contribution in [-0.2, 0) is 21.5 Å². The van der Waals surface area contributed by atoms with Gasteiger partial charge in [0.15, 0.2) is 0 Å². The molecule has 0 aromatic carbocycles. The molecule has 6 nitrogen and oxygen atoms in total. The lowest BCUT2D eigenvalue weighted by Crippen LogP contribution is -2.46. The number of aromatic nitrogens is 1. The van der Waals surface area contributed by atoms with Crippen LogP contribution in [0, 0.1) is 0 Å². The summed E-state index contributed by atoms with van der Waals surface area (Å²) in [5.41, 5.74) is 0.932. The Hall–Kier alpha value is -1.02. The van der Waals surface area contributed by atoms with E-state index < -0.39 is 10.2 Å². The molecule has 1 fully saturated rings. The van der Waals surface area contributed by atoms with E-state index in [2.05, 4.69) is 4.98 Å². The molecular weight excluding hydrogens is 290 g/mol. The predicted octanol–water partition coefficient (Wildman–Crippen LogP) is 1.26. The largest absolute Gasteiger partial charge is 0.383 e. The van der Waals surface area contributed by atoms with Crippen molar-refractivity contribution in [2.45, 2.75) is 25.8 Å². The van der Waals surface area contributed by atoms with Gasteiger partial charge in [-0.25, -0.2) is 0 Å². The highest BCUT2D eigenvalue weighted by atomic mass is 32.2. The van der Waals surface area contributed by atoms with E-state index in [4.69, 9.17) is 4.74 Å². The van der Waals surface area contributed by atoms with E-state index in [0.29, 0.717) is 32.8 Å². The maximum Gasteiger partial charge on any atom is 0.282 e. The molecule has 0 bridgehead atoms. The minimum absolute atomic E-state index is 0.352. The monoisotopic (exact) mass is 313 g/mol. The molecule has 0 unspecified atom stereocenters. The van der Waals surface area contributed by atoms with Crippen LogP contribution in [0.2, 0.25) is 0 Å². The first-order valence-corrected chi connectivity index (χ1v) is 8.67. The van der Waals surface area contributed by atoms with Crippen LogP contribution in [0.25, 0.3) is 0 Å². The molecule has 1 aliphatic heterocycles. The highest BCUT2D eigenvalue weighted by Crippen LogP contribution is 2.18. The van der Waals surface area contributed by atoms with Gasteiger partial charge in [0, 0.05) is 45.7 Å². The molecule has 0 aliphatic carbocycles. The molecular formula is C14H23N3O3S. The summed E-state index contributed by atoms with van der Waals surface area (Å²) in [4.78, 5) is 3.96. The van der Waals surface area contributed by atoms with E-state index in [1.165, 1.54) is 4.31 Å². The summed E-state index contributed by atoms with van der Waals surface area (Å²) in [7, 11) is -1.85. The molecule has 0 atom stereocenters. The first kappa shape index (κ1) is 16.4. The fraction of sp³-hybridized carbons (Fsp3) is 0.643. The van der Waals surface area contributed by atoms with Gasteiger partial charge < -0.3 is 4.74 Å². The van der Waals surface area contributed by atoms with Crippen molar-refractivity contribution in [3.8, 4) is 0 Å². The Balaban J connectivity index is 2.13. The van der Waals surface area contributed by atoms with Gasteiger partial charge in [0.1, 0.15) is 0 Å². The zero-order valence-electron chi connectivity index (χ0n) is 12.4. The number of pyridine rings is 1. The summed E-state index contributed by atoms with van der Waals surface area (Å²) in [5, 5.41) is 0. The van der Waals surface area contributed by atoms with E-state index in [0.717, 1.165) is 24.8 Å². The number of rotatable bonds is 7. The van der Waals surface area contributed by atoms with Crippen molar-refractivity contribution in [2.75, 3.05) is 33.4 Å². The van der Waals surface area contributed by atoms with Crippen molar-refractivity contribution in [3.05, 3.63) is 30.1 Å². The highest BCUT2D eigenvalue weighted by Gasteiger charge is 2.30. The Morgan fingerprint density at radius 2 is 1.90 bits per heavy atom. The van der Waals surface area contributed by atoms with Crippen molar-refractivity contribution in [1.29, 1.82) is 0 Å². The first-order chi connectivity index (χ1) is 10.1. The third kappa shape index (κ3) is 4.47. The summed E-state index contributed by atoms with van der Waals surface area (Å²) < 4.78 is 33.7. The number of nitrogens with zero attached hydrogens (tertiary/aromatic N) is 3. The Morgan fingerprint density at radius 3 is 2.52 bits per heavy atom. The average Bonchev–Trinajstić information content (AvgIpc) is 2.53. The van der Waals surface area contributed by atoms with E-state index in [1.54, 1.807) is 23.8 Å². The zero-order chi connectivity index (χ0) is 15.1. The van der Waals surface area contributed by atoms with Crippen LogP contribution in [-0.4, -0.2) is 55.4 Å². The molecule has 0 radical (unpaired) electrons. The lowest BCUT2D eigenvalue weighted by atomic mass is 10.2. The summed E-state index contributed by atoms with van der Waals surface area (Å²) >= 11 is 0. The van der Waals surface area contributed by atoms with Gasteiger partial charge in [-0.1, -0.05) is 6.42 Å². The normalized spacial score (nSPS) is 17.2. The van der Waals surface area contributed by atoms with Crippen LogP contribution in [0.1, 0.15) is 24.8 Å². The third-order valence-electron chi connectivity index (χ3n) is 3.62. The Labute approximate surface area is 126 Å². The van der Waals surface area contributed by atoms with Gasteiger partial charge in [-0.15, -0.1) is 0 Å². The minimum atomic E-state index is -3.43. The third-order valence-corrected chi connectivity index (χ3v) is 5.60. The molecule has 1 aromatic heterocycles. The average molecular weight is 313 g/mol. The van der Waals surface area contributed by atoms with Crippen molar-refractivity contribution in [3.63, 3.8) is 0 Å². The second kappa shape index (κ2) is 7.84. The van der Waals surface area contributed by atoms with E-state index in [9.17, 15) is 8.42 Å². The second-order valence-electron chi connectivity index (χ2n) is 5.15. The minimum Gasteiger partial charge on any atom is -0.383 e. The summed E-state index contributed by atoms with van der Waals surface area (Å²) in [6.45, 7) is 2.32.